The lowest BCUT2D eigenvalue weighted by molar-refractivity contribution is 0.306. The quantitative estimate of drug-likeness (QED) is 0.419. The van der Waals surface area contributed by atoms with E-state index in [0.717, 1.165) is 51.4 Å². The van der Waals surface area contributed by atoms with Crippen LogP contribution in [-0.4, -0.2) is 14.9 Å². The van der Waals surface area contributed by atoms with Crippen molar-refractivity contribution in [1.82, 2.24) is 0 Å². The maximum Gasteiger partial charge on any atom is 0.331 e. The third-order valence-electron chi connectivity index (χ3n) is 3.84. The smallest absolute Gasteiger partial charge is 0.324 e. The third-order valence-corrected chi connectivity index (χ3v) is 5.69. The maximum atomic E-state index is 11.7. The van der Waals surface area contributed by atoms with Gasteiger partial charge in [-0.1, -0.05) is 65.2 Å². The van der Waals surface area contributed by atoms with Crippen LogP contribution < -0.4 is 0 Å². The topological polar surface area (TPSA) is 57.5 Å². The Morgan fingerprint density at radius 2 is 1.22 bits per heavy atom. The second kappa shape index (κ2) is 9.12. The monoisotopic (exact) mass is 278 g/mol. The fourth-order valence-electron chi connectivity index (χ4n) is 2.28. The minimum absolute atomic E-state index is 0.656. The summed E-state index contributed by atoms with van der Waals surface area (Å²) in [5.74, 6) is 0. The fraction of sp³-hybridized carbons (Fsp3) is 1.00. The minimum Gasteiger partial charge on any atom is -0.324 e. The predicted molar refractivity (Wildman–Crippen MR) is 78.0 cm³/mol. The maximum absolute atomic E-state index is 11.7. The summed E-state index contributed by atoms with van der Waals surface area (Å²) in [4.78, 5) is 19.1. The Morgan fingerprint density at radius 3 is 1.50 bits per heavy atom. The molecule has 0 unspecified atom stereocenters. The van der Waals surface area contributed by atoms with E-state index in [0.29, 0.717) is 12.8 Å². The first-order chi connectivity index (χ1) is 8.37. The average molecular weight is 278 g/mol. The highest BCUT2D eigenvalue weighted by Gasteiger charge is 2.40. The molecule has 18 heavy (non-hydrogen) atoms. The van der Waals surface area contributed by atoms with Crippen molar-refractivity contribution in [1.29, 1.82) is 0 Å². The molecule has 0 radical (unpaired) electrons. The Hall–Kier alpha value is 0.150. The van der Waals surface area contributed by atoms with Gasteiger partial charge in [-0.25, -0.2) is 0 Å². The van der Waals surface area contributed by atoms with Crippen LogP contribution in [0.2, 0.25) is 0 Å². The minimum atomic E-state index is -3.99. The van der Waals surface area contributed by atoms with Gasteiger partial charge in [0.15, 0.2) is 0 Å². The molecule has 0 rings (SSSR count). The second-order valence-electron chi connectivity index (χ2n) is 5.66. The number of rotatable bonds is 11. The summed E-state index contributed by atoms with van der Waals surface area (Å²) in [6, 6.07) is 0. The lowest BCUT2D eigenvalue weighted by Crippen LogP contribution is -2.24. The molecule has 0 aliphatic rings. The second-order valence-corrected chi connectivity index (χ2v) is 7.83. The summed E-state index contributed by atoms with van der Waals surface area (Å²) in [6.07, 6.45) is 9.98. The number of unbranched alkanes of at least 4 members (excludes halogenated alkanes) is 6. The van der Waals surface area contributed by atoms with Crippen LogP contribution in [0, 0.1) is 0 Å². The first-order valence-electron chi connectivity index (χ1n) is 7.43. The molecule has 0 saturated heterocycles. The molecule has 0 spiro atoms. The van der Waals surface area contributed by atoms with E-state index in [-0.39, 0.29) is 0 Å². The summed E-state index contributed by atoms with van der Waals surface area (Å²) in [7, 11) is -3.99. The van der Waals surface area contributed by atoms with E-state index in [1.807, 2.05) is 0 Å². The Kier molecular flexibility index (Phi) is 9.19. The zero-order valence-corrected chi connectivity index (χ0v) is 13.2. The van der Waals surface area contributed by atoms with Gasteiger partial charge in [-0.05, 0) is 19.8 Å². The van der Waals surface area contributed by atoms with Crippen LogP contribution in [0.4, 0.5) is 0 Å². The largest absolute Gasteiger partial charge is 0.331 e. The van der Waals surface area contributed by atoms with Gasteiger partial charge in [-0.2, -0.15) is 0 Å². The van der Waals surface area contributed by atoms with Crippen molar-refractivity contribution >= 4 is 7.60 Å². The molecular formula is C14H31O3P. The van der Waals surface area contributed by atoms with E-state index < -0.39 is 12.8 Å². The van der Waals surface area contributed by atoms with E-state index in [1.165, 1.54) is 0 Å². The highest BCUT2D eigenvalue weighted by Crippen LogP contribution is 2.55. The first kappa shape index (κ1) is 18.1. The zero-order chi connectivity index (χ0) is 14.1. The molecule has 0 aliphatic carbocycles. The predicted octanol–water partition coefficient (Wildman–Crippen LogP) is 4.86. The first-order valence-corrected chi connectivity index (χ1v) is 9.04. The van der Waals surface area contributed by atoms with Gasteiger partial charge in [0.25, 0.3) is 0 Å². The molecule has 0 aromatic heterocycles. The van der Waals surface area contributed by atoms with Gasteiger partial charge in [0.2, 0.25) is 0 Å². The van der Waals surface area contributed by atoms with Gasteiger partial charge < -0.3 is 9.79 Å². The normalized spacial score (nSPS) is 12.9. The van der Waals surface area contributed by atoms with E-state index in [9.17, 15) is 14.4 Å². The van der Waals surface area contributed by atoms with Gasteiger partial charge in [-0.3, -0.25) is 4.57 Å². The lowest BCUT2D eigenvalue weighted by Gasteiger charge is -2.30. The Bertz CT molecular complexity index is 235. The molecule has 3 nitrogen and oxygen atoms in total. The van der Waals surface area contributed by atoms with Gasteiger partial charge >= 0.3 is 7.60 Å². The average Bonchev–Trinajstić information content (AvgIpc) is 2.29. The molecule has 110 valence electrons. The molecule has 0 aromatic carbocycles. The van der Waals surface area contributed by atoms with Crippen LogP contribution in [0.5, 0.6) is 0 Å². The standard InChI is InChI=1S/C14H31O3P/c1-4-6-8-10-12-14(3,18(15,16)17)13-11-9-7-5-2/h4-13H2,1-3H3,(H2,15,16,17). The Labute approximate surface area is 113 Å². The lowest BCUT2D eigenvalue weighted by atomic mass is 9.95. The highest BCUT2D eigenvalue weighted by molar-refractivity contribution is 7.53. The summed E-state index contributed by atoms with van der Waals surface area (Å²) < 4.78 is 11.7. The molecule has 0 bridgehead atoms. The van der Waals surface area contributed by atoms with Crippen molar-refractivity contribution in [2.45, 2.75) is 90.1 Å². The molecule has 2 N–H and O–H groups in total. The van der Waals surface area contributed by atoms with Gasteiger partial charge in [-0.15, -0.1) is 0 Å². The van der Waals surface area contributed by atoms with E-state index in [2.05, 4.69) is 13.8 Å². The number of hydrogen-bond donors (Lipinski definition) is 2. The number of hydrogen-bond acceptors (Lipinski definition) is 1. The van der Waals surface area contributed by atoms with Crippen molar-refractivity contribution in [2.75, 3.05) is 0 Å². The highest BCUT2D eigenvalue weighted by atomic mass is 31.2. The molecular weight excluding hydrogens is 247 g/mol. The van der Waals surface area contributed by atoms with Gasteiger partial charge in [0.1, 0.15) is 0 Å². The summed E-state index contributed by atoms with van der Waals surface area (Å²) in [6.45, 7) is 6.06. The van der Waals surface area contributed by atoms with Crippen LogP contribution in [0.3, 0.4) is 0 Å². The van der Waals surface area contributed by atoms with Crippen LogP contribution >= 0.6 is 7.60 Å². The summed E-state index contributed by atoms with van der Waals surface area (Å²) in [5.41, 5.74) is 0. The van der Waals surface area contributed by atoms with E-state index in [1.54, 1.807) is 6.92 Å². The molecule has 0 amide bonds. The van der Waals surface area contributed by atoms with Gasteiger partial charge in [0.05, 0.1) is 5.16 Å². The molecule has 0 heterocycles. The summed E-state index contributed by atoms with van der Waals surface area (Å²) >= 11 is 0. The molecule has 0 aromatic rings. The van der Waals surface area contributed by atoms with Gasteiger partial charge in [0, 0.05) is 0 Å². The van der Waals surface area contributed by atoms with Crippen molar-refractivity contribution in [3.8, 4) is 0 Å². The van der Waals surface area contributed by atoms with Crippen molar-refractivity contribution in [2.24, 2.45) is 0 Å². The SMILES string of the molecule is CCCCCCC(C)(CCCCCC)P(=O)(O)O. The van der Waals surface area contributed by atoms with Crippen LogP contribution in [-0.2, 0) is 4.57 Å². The van der Waals surface area contributed by atoms with Crippen LogP contribution in [0.1, 0.15) is 85.0 Å². The molecule has 0 aliphatic heterocycles. The van der Waals surface area contributed by atoms with Crippen molar-refractivity contribution in [3.63, 3.8) is 0 Å². The van der Waals surface area contributed by atoms with Crippen LogP contribution in [0.25, 0.3) is 0 Å². The Morgan fingerprint density at radius 1 is 0.833 bits per heavy atom. The zero-order valence-electron chi connectivity index (χ0n) is 12.3. The van der Waals surface area contributed by atoms with Crippen LogP contribution in [0.15, 0.2) is 0 Å². The van der Waals surface area contributed by atoms with E-state index >= 15 is 0 Å². The van der Waals surface area contributed by atoms with Crippen molar-refractivity contribution in [3.05, 3.63) is 0 Å². The molecule has 0 atom stereocenters. The molecule has 4 heteroatoms. The fourth-order valence-corrected chi connectivity index (χ4v) is 3.18. The van der Waals surface area contributed by atoms with Crippen molar-refractivity contribution < 1.29 is 14.4 Å². The molecule has 0 saturated carbocycles. The third kappa shape index (κ3) is 6.92. The Balaban J connectivity index is 4.22. The molecule has 0 fully saturated rings. The summed E-state index contributed by atoms with van der Waals surface area (Å²) in [5, 5.41) is -0.797. The van der Waals surface area contributed by atoms with E-state index in [4.69, 9.17) is 0 Å².